The maximum Gasteiger partial charge on any atom is 0.137 e. The molecule has 2 aromatic carbocycles. The third-order valence-corrected chi connectivity index (χ3v) is 2.85. The normalized spacial score (nSPS) is 10.4. The predicted molar refractivity (Wildman–Crippen MR) is 67.1 cm³/mol. The number of aryl methyl sites for hydroxylation is 1. The van der Waals surface area contributed by atoms with Crippen LogP contribution in [0.1, 0.15) is 16.7 Å². The van der Waals surface area contributed by atoms with Crippen LogP contribution in [0.15, 0.2) is 42.5 Å². The number of rotatable bonds is 2. The second-order valence-electron chi connectivity index (χ2n) is 3.91. The number of phenols is 1. The van der Waals surface area contributed by atoms with Crippen molar-refractivity contribution in [1.82, 2.24) is 0 Å². The van der Waals surface area contributed by atoms with E-state index in [-0.39, 0.29) is 5.75 Å². The highest BCUT2D eigenvalue weighted by atomic mass is 35.5. The monoisotopic (exact) mass is 232 g/mol. The maximum atomic E-state index is 9.56. The molecule has 0 aromatic heterocycles. The van der Waals surface area contributed by atoms with Gasteiger partial charge in [0, 0.05) is 0 Å². The summed E-state index contributed by atoms with van der Waals surface area (Å²) < 4.78 is 0. The Bertz CT molecular complexity index is 468. The summed E-state index contributed by atoms with van der Waals surface area (Å²) in [5.74, 6) is 0.179. The van der Waals surface area contributed by atoms with Gasteiger partial charge in [-0.3, -0.25) is 0 Å². The Morgan fingerprint density at radius 1 is 1.06 bits per heavy atom. The number of aromatic hydroxyl groups is 1. The maximum absolute atomic E-state index is 9.56. The van der Waals surface area contributed by atoms with Crippen molar-refractivity contribution >= 4 is 11.6 Å². The molecule has 1 nitrogen and oxygen atoms in total. The van der Waals surface area contributed by atoms with Crippen molar-refractivity contribution in [1.29, 1.82) is 0 Å². The zero-order valence-corrected chi connectivity index (χ0v) is 9.83. The van der Waals surface area contributed by atoms with E-state index in [1.165, 1.54) is 5.56 Å². The van der Waals surface area contributed by atoms with Gasteiger partial charge in [0.25, 0.3) is 0 Å². The van der Waals surface area contributed by atoms with Gasteiger partial charge in [-0.15, -0.1) is 0 Å². The summed E-state index contributed by atoms with van der Waals surface area (Å²) in [7, 11) is 0. The molecule has 0 radical (unpaired) electrons. The molecule has 0 fully saturated rings. The second-order valence-corrected chi connectivity index (χ2v) is 4.31. The van der Waals surface area contributed by atoms with E-state index in [1.54, 1.807) is 0 Å². The first-order chi connectivity index (χ1) is 7.66. The molecule has 0 unspecified atom stereocenters. The van der Waals surface area contributed by atoms with Crippen molar-refractivity contribution in [3.63, 3.8) is 0 Å². The van der Waals surface area contributed by atoms with Crippen LogP contribution in [0.2, 0.25) is 5.02 Å². The Labute approximate surface area is 100 Å². The molecular formula is C14H13ClO. The molecule has 0 atom stereocenters. The minimum Gasteiger partial charge on any atom is -0.506 e. The molecule has 2 rings (SSSR count). The lowest BCUT2D eigenvalue weighted by Crippen LogP contribution is -1.89. The minimum absolute atomic E-state index is 0.179. The van der Waals surface area contributed by atoms with Gasteiger partial charge >= 0.3 is 0 Å². The van der Waals surface area contributed by atoms with Crippen LogP contribution in [0, 0.1) is 6.92 Å². The van der Waals surface area contributed by atoms with Gasteiger partial charge in [-0.1, -0.05) is 48.0 Å². The Kier molecular flexibility index (Phi) is 3.16. The summed E-state index contributed by atoms with van der Waals surface area (Å²) in [5, 5.41) is 9.99. The highest BCUT2D eigenvalue weighted by Gasteiger charge is 2.05. The van der Waals surface area contributed by atoms with E-state index >= 15 is 0 Å². The molecule has 0 saturated heterocycles. The second kappa shape index (κ2) is 4.58. The molecule has 0 aliphatic rings. The summed E-state index contributed by atoms with van der Waals surface area (Å²) in [4.78, 5) is 0. The average Bonchev–Trinajstić information content (AvgIpc) is 2.27. The fraction of sp³-hybridized carbons (Fsp3) is 0.143. The lowest BCUT2D eigenvalue weighted by molar-refractivity contribution is 0.471. The average molecular weight is 233 g/mol. The molecule has 2 heteroatoms. The smallest absolute Gasteiger partial charge is 0.137 e. The molecular weight excluding hydrogens is 220 g/mol. The highest BCUT2D eigenvalue weighted by molar-refractivity contribution is 6.32. The van der Waals surface area contributed by atoms with Gasteiger partial charge in [-0.2, -0.15) is 0 Å². The van der Waals surface area contributed by atoms with Gasteiger partial charge in [0.2, 0.25) is 0 Å². The van der Waals surface area contributed by atoms with Crippen molar-refractivity contribution in [2.45, 2.75) is 13.3 Å². The van der Waals surface area contributed by atoms with Crippen LogP contribution in [0.5, 0.6) is 5.75 Å². The Balaban J connectivity index is 2.29. The molecule has 1 N–H and O–H groups in total. The van der Waals surface area contributed by atoms with Crippen molar-refractivity contribution in [2.75, 3.05) is 0 Å². The molecule has 2 aromatic rings. The number of benzene rings is 2. The van der Waals surface area contributed by atoms with Crippen molar-refractivity contribution in [3.05, 3.63) is 64.2 Å². The number of hydrogen-bond donors (Lipinski definition) is 1. The largest absolute Gasteiger partial charge is 0.506 e. The molecule has 0 heterocycles. The van der Waals surface area contributed by atoms with Crippen LogP contribution in [0.3, 0.4) is 0 Å². The molecule has 0 spiro atoms. The summed E-state index contributed by atoms with van der Waals surface area (Å²) in [6, 6.07) is 14.0. The standard InChI is InChI=1S/C14H13ClO/c1-10-7-12(9-13(15)14(10)16)8-11-5-3-2-4-6-11/h2-7,9,16H,8H2,1H3. The molecule has 16 heavy (non-hydrogen) atoms. The van der Waals surface area contributed by atoms with Crippen LogP contribution in [-0.4, -0.2) is 5.11 Å². The van der Waals surface area contributed by atoms with Gasteiger partial charge in [0.05, 0.1) is 5.02 Å². The van der Waals surface area contributed by atoms with Crippen molar-refractivity contribution in [2.24, 2.45) is 0 Å². The Morgan fingerprint density at radius 3 is 2.38 bits per heavy atom. The van der Waals surface area contributed by atoms with Crippen LogP contribution in [-0.2, 0) is 6.42 Å². The molecule has 0 amide bonds. The summed E-state index contributed by atoms with van der Waals surface area (Å²) >= 11 is 5.94. The Hall–Kier alpha value is -1.47. The van der Waals surface area contributed by atoms with Crippen LogP contribution >= 0.6 is 11.6 Å². The van der Waals surface area contributed by atoms with Gasteiger partial charge in [0.15, 0.2) is 0 Å². The summed E-state index contributed by atoms with van der Waals surface area (Å²) in [5.41, 5.74) is 3.17. The lowest BCUT2D eigenvalue weighted by Gasteiger charge is -2.06. The van der Waals surface area contributed by atoms with E-state index in [4.69, 9.17) is 11.6 Å². The molecule has 0 aliphatic heterocycles. The third-order valence-electron chi connectivity index (χ3n) is 2.56. The van der Waals surface area contributed by atoms with Crippen molar-refractivity contribution in [3.8, 4) is 5.75 Å². The summed E-state index contributed by atoms with van der Waals surface area (Å²) in [6.45, 7) is 1.86. The zero-order valence-electron chi connectivity index (χ0n) is 9.07. The highest BCUT2D eigenvalue weighted by Crippen LogP contribution is 2.29. The molecule has 0 saturated carbocycles. The van der Waals surface area contributed by atoms with Crippen LogP contribution < -0.4 is 0 Å². The zero-order chi connectivity index (χ0) is 11.5. The predicted octanol–water partition coefficient (Wildman–Crippen LogP) is 3.94. The number of phenolic OH excluding ortho intramolecular Hbond substituents is 1. The van der Waals surface area contributed by atoms with Gasteiger partial charge in [-0.25, -0.2) is 0 Å². The summed E-state index contributed by atoms with van der Waals surface area (Å²) in [6.07, 6.45) is 0.835. The first kappa shape index (κ1) is 11.0. The van der Waals surface area contributed by atoms with Gasteiger partial charge in [0.1, 0.15) is 5.75 Å². The van der Waals surface area contributed by atoms with E-state index in [0.717, 1.165) is 17.5 Å². The lowest BCUT2D eigenvalue weighted by atomic mass is 10.0. The van der Waals surface area contributed by atoms with E-state index in [0.29, 0.717) is 5.02 Å². The van der Waals surface area contributed by atoms with E-state index in [1.807, 2.05) is 37.3 Å². The van der Waals surface area contributed by atoms with Gasteiger partial charge in [-0.05, 0) is 36.1 Å². The van der Waals surface area contributed by atoms with Crippen LogP contribution in [0.25, 0.3) is 0 Å². The van der Waals surface area contributed by atoms with E-state index in [2.05, 4.69) is 12.1 Å². The first-order valence-corrected chi connectivity index (χ1v) is 5.56. The SMILES string of the molecule is Cc1cc(Cc2ccccc2)cc(Cl)c1O. The molecule has 0 bridgehead atoms. The van der Waals surface area contributed by atoms with Crippen molar-refractivity contribution < 1.29 is 5.11 Å². The number of hydrogen-bond acceptors (Lipinski definition) is 1. The van der Waals surface area contributed by atoms with Crippen LogP contribution in [0.4, 0.5) is 0 Å². The fourth-order valence-electron chi connectivity index (χ4n) is 1.74. The first-order valence-electron chi connectivity index (χ1n) is 5.19. The van der Waals surface area contributed by atoms with Gasteiger partial charge < -0.3 is 5.11 Å². The molecule has 0 aliphatic carbocycles. The Morgan fingerprint density at radius 2 is 1.75 bits per heavy atom. The number of halogens is 1. The molecule has 82 valence electrons. The third kappa shape index (κ3) is 2.37. The quantitative estimate of drug-likeness (QED) is 0.832. The minimum atomic E-state index is 0.179. The van der Waals surface area contributed by atoms with E-state index < -0.39 is 0 Å². The topological polar surface area (TPSA) is 20.2 Å². The van der Waals surface area contributed by atoms with E-state index in [9.17, 15) is 5.11 Å². The fourth-order valence-corrected chi connectivity index (χ4v) is 2.03.